The number of aliphatic hydroxyl groups is 1. The van der Waals surface area contributed by atoms with E-state index < -0.39 is 22.7 Å². The van der Waals surface area contributed by atoms with Gasteiger partial charge in [0.2, 0.25) is 0 Å². The lowest BCUT2D eigenvalue weighted by Gasteiger charge is -2.24. The van der Waals surface area contributed by atoms with E-state index in [2.05, 4.69) is 0 Å². The third kappa shape index (κ3) is 3.61. The molecule has 0 spiro atoms. The minimum atomic E-state index is -1.03. The normalized spacial score (nSPS) is 20.9. The highest BCUT2D eigenvalue weighted by Gasteiger charge is 2.46. The highest BCUT2D eigenvalue weighted by molar-refractivity contribution is 6.46. The lowest BCUT2D eigenvalue weighted by Crippen LogP contribution is -2.29. The summed E-state index contributed by atoms with van der Waals surface area (Å²) >= 11 is 0. The van der Waals surface area contributed by atoms with E-state index in [9.17, 15) is 24.8 Å². The van der Waals surface area contributed by atoms with Crippen LogP contribution in [-0.2, 0) is 22.6 Å². The topological polar surface area (TPSA) is 123 Å². The van der Waals surface area contributed by atoms with Crippen molar-refractivity contribution in [3.05, 3.63) is 99.0 Å². The van der Waals surface area contributed by atoms with Crippen LogP contribution in [0.4, 0.5) is 5.69 Å². The van der Waals surface area contributed by atoms with Gasteiger partial charge in [-0.25, -0.2) is 0 Å². The van der Waals surface area contributed by atoms with E-state index in [0.29, 0.717) is 29.1 Å². The average Bonchev–Trinajstić information content (AvgIpc) is 3.52. The molecule has 172 valence electrons. The van der Waals surface area contributed by atoms with Gasteiger partial charge in [-0.05, 0) is 48.4 Å². The van der Waals surface area contributed by atoms with E-state index in [-0.39, 0.29) is 29.7 Å². The number of fused-ring (bicyclic) bond motifs is 1. The van der Waals surface area contributed by atoms with Gasteiger partial charge in [0.15, 0.2) is 0 Å². The summed E-state index contributed by atoms with van der Waals surface area (Å²) in [6.45, 7) is 1.89. The van der Waals surface area contributed by atoms with Crippen LogP contribution in [0.5, 0.6) is 5.75 Å². The fourth-order valence-electron chi connectivity index (χ4n) is 4.49. The molecule has 9 heteroatoms. The minimum absolute atomic E-state index is 0.00357. The lowest BCUT2D eigenvalue weighted by atomic mass is 9.94. The number of ether oxygens (including phenoxy) is 1. The van der Waals surface area contributed by atoms with Crippen molar-refractivity contribution in [1.82, 2.24) is 4.90 Å². The molecule has 1 fully saturated rings. The van der Waals surface area contributed by atoms with Crippen molar-refractivity contribution in [2.45, 2.75) is 32.0 Å². The van der Waals surface area contributed by atoms with Crippen LogP contribution in [0.25, 0.3) is 5.76 Å². The van der Waals surface area contributed by atoms with Crippen LogP contribution < -0.4 is 4.74 Å². The molecule has 2 aliphatic heterocycles. The van der Waals surface area contributed by atoms with Gasteiger partial charge in [-0.15, -0.1) is 0 Å². The number of furan rings is 1. The maximum Gasteiger partial charge on any atom is 0.296 e. The third-order valence-electron chi connectivity index (χ3n) is 6.01. The number of nitrogens with zero attached hydrogens (tertiary/aromatic N) is 2. The van der Waals surface area contributed by atoms with Gasteiger partial charge in [-0.1, -0.05) is 12.1 Å². The van der Waals surface area contributed by atoms with Crippen LogP contribution in [0.2, 0.25) is 0 Å². The molecule has 34 heavy (non-hydrogen) atoms. The number of benzene rings is 2. The molecule has 3 aromatic rings. The molecule has 0 aliphatic carbocycles. The Morgan fingerprint density at radius 1 is 1.18 bits per heavy atom. The Hall–Kier alpha value is -4.40. The van der Waals surface area contributed by atoms with Crippen LogP contribution in [0.15, 0.2) is 70.9 Å². The third-order valence-corrected chi connectivity index (χ3v) is 6.01. The van der Waals surface area contributed by atoms with Crippen LogP contribution in [0, 0.1) is 10.1 Å². The van der Waals surface area contributed by atoms with Gasteiger partial charge in [0, 0.05) is 24.1 Å². The van der Waals surface area contributed by atoms with Crippen LogP contribution >= 0.6 is 0 Å². The molecule has 1 amide bonds. The SMILES string of the molecule is CC1Cc2cc(/C(O)=C3\C(=O)C(=O)N(Cc4ccco4)C3c3cccc([N+](=O)[O-])c3)ccc2O1. The number of amides is 1. The number of nitro benzene ring substituents is 1. The predicted octanol–water partition coefficient (Wildman–Crippen LogP) is 4.13. The average molecular weight is 460 g/mol. The molecule has 0 bridgehead atoms. The quantitative estimate of drug-likeness (QED) is 0.200. The zero-order valence-corrected chi connectivity index (χ0v) is 18.1. The fraction of sp³-hybridized carbons (Fsp3) is 0.200. The Labute approximate surface area is 194 Å². The summed E-state index contributed by atoms with van der Waals surface area (Å²) in [7, 11) is 0. The number of aliphatic hydroxyl groups excluding tert-OH is 1. The molecule has 2 atom stereocenters. The molecule has 0 radical (unpaired) electrons. The summed E-state index contributed by atoms with van der Waals surface area (Å²) in [5, 5.41) is 22.6. The number of likely N-dealkylation sites (tertiary alicyclic amines) is 1. The maximum absolute atomic E-state index is 13.1. The van der Waals surface area contributed by atoms with Gasteiger partial charge in [0.1, 0.15) is 23.4 Å². The van der Waals surface area contributed by atoms with E-state index in [0.717, 1.165) is 5.56 Å². The Kier molecular flexibility index (Phi) is 5.16. The Morgan fingerprint density at radius 3 is 2.74 bits per heavy atom. The summed E-state index contributed by atoms with van der Waals surface area (Å²) in [4.78, 5) is 38.3. The van der Waals surface area contributed by atoms with Crippen LogP contribution in [0.3, 0.4) is 0 Å². The Morgan fingerprint density at radius 2 is 2.00 bits per heavy atom. The van der Waals surface area contributed by atoms with Gasteiger partial charge in [0.05, 0.1) is 29.3 Å². The number of carbonyl (C=O) groups excluding carboxylic acids is 2. The molecular formula is C25H20N2O7. The van der Waals surface area contributed by atoms with E-state index >= 15 is 0 Å². The number of ketones is 1. The monoisotopic (exact) mass is 460 g/mol. The minimum Gasteiger partial charge on any atom is -0.507 e. The summed E-state index contributed by atoms with van der Waals surface area (Å²) in [6, 6.07) is 13.0. The first-order chi connectivity index (χ1) is 16.3. The van der Waals surface area contributed by atoms with E-state index in [1.165, 1.54) is 29.4 Å². The number of hydrogen-bond donors (Lipinski definition) is 1. The first-order valence-electron chi connectivity index (χ1n) is 10.7. The molecule has 3 heterocycles. The molecule has 9 nitrogen and oxygen atoms in total. The van der Waals surface area contributed by atoms with Gasteiger partial charge < -0.3 is 19.2 Å². The smallest absolute Gasteiger partial charge is 0.296 e. The number of non-ortho nitro benzene ring substituents is 1. The maximum atomic E-state index is 13.1. The number of carbonyl (C=O) groups is 2. The van der Waals surface area contributed by atoms with E-state index in [4.69, 9.17) is 9.15 Å². The van der Waals surface area contributed by atoms with Gasteiger partial charge in [-0.2, -0.15) is 0 Å². The number of hydrogen-bond acceptors (Lipinski definition) is 7. The largest absolute Gasteiger partial charge is 0.507 e. The Balaban J connectivity index is 1.65. The summed E-state index contributed by atoms with van der Waals surface area (Å²) in [5.41, 5.74) is 1.25. The first-order valence-corrected chi connectivity index (χ1v) is 10.7. The van der Waals surface area contributed by atoms with Gasteiger partial charge in [-0.3, -0.25) is 19.7 Å². The van der Waals surface area contributed by atoms with Crippen molar-refractivity contribution < 1.29 is 28.8 Å². The molecule has 2 aromatic carbocycles. The second-order valence-corrected chi connectivity index (χ2v) is 8.31. The number of Topliss-reactive ketones (excluding diaryl/α,β-unsaturated/α-hetero) is 1. The van der Waals surface area contributed by atoms with Crippen LogP contribution in [-0.4, -0.2) is 32.7 Å². The second-order valence-electron chi connectivity index (χ2n) is 8.31. The fourth-order valence-corrected chi connectivity index (χ4v) is 4.49. The van der Waals surface area contributed by atoms with Crippen molar-refractivity contribution in [1.29, 1.82) is 0 Å². The van der Waals surface area contributed by atoms with Crippen molar-refractivity contribution in [2.24, 2.45) is 0 Å². The zero-order valence-electron chi connectivity index (χ0n) is 18.1. The molecule has 1 N–H and O–H groups in total. The van der Waals surface area contributed by atoms with Gasteiger partial charge >= 0.3 is 0 Å². The van der Waals surface area contributed by atoms with Crippen molar-refractivity contribution >= 4 is 23.1 Å². The van der Waals surface area contributed by atoms with Crippen molar-refractivity contribution in [3.63, 3.8) is 0 Å². The summed E-state index contributed by atoms with van der Waals surface area (Å²) in [6.07, 6.45) is 2.09. The van der Waals surface area contributed by atoms with E-state index in [1.54, 1.807) is 36.4 Å². The summed E-state index contributed by atoms with van der Waals surface area (Å²) in [5.74, 6) is -0.907. The number of rotatable bonds is 5. The zero-order chi connectivity index (χ0) is 24.0. The lowest BCUT2D eigenvalue weighted by molar-refractivity contribution is -0.384. The molecule has 1 saturated heterocycles. The molecule has 0 saturated carbocycles. The molecule has 2 unspecified atom stereocenters. The molecule has 1 aromatic heterocycles. The van der Waals surface area contributed by atoms with Crippen molar-refractivity contribution in [3.8, 4) is 5.75 Å². The second kappa shape index (κ2) is 8.18. The van der Waals surface area contributed by atoms with Crippen molar-refractivity contribution in [2.75, 3.05) is 0 Å². The Bertz CT molecular complexity index is 1340. The first kappa shape index (κ1) is 21.4. The highest BCUT2D eigenvalue weighted by Crippen LogP contribution is 2.42. The molecule has 5 rings (SSSR count). The molecular weight excluding hydrogens is 440 g/mol. The van der Waals surface area contributed by atoms with Gasteiger partial charge in [0.25, 0.3) is 17.4 Å². The predicted molar refractivity (Wildman–Crippen MR) is 120 cm³/mol. The standard InChI is InChI=1S/C25H20N2O7/c1-14-10-17-11-16(7-8-20(17)34-14)23(28)21-22(15-4-2-5-18(12-15)27(31)32)26(25(30)24(21)29)13-19-6-3-9-33-19/h2-9,11-12,14,22,28H,10,13H2,1H3/b23-21+. The number of nitro groups is 1. The highest BCUT2D eigenvalue weighted by atomic mass is 16.6. The van der Waals surface area contributed by atoms with Crippen LogP contribution in [0.1, 0.15) is 35.4 Å². The molecule has 2 aliphatic rings. The van der Waals surface area contributed by atoms with E-state index in [1.807, 2.05) is 6.92 Å². The summed E-state index contributed by atoms with van der Waals surface area (Å²) < 4.78 is 11.1.